The Bertz CT molecular complexity index is 1920. The minimum absolute atomic E-state index is 0.0966. The second kappa shape index (κ2) is 17.8. The molecule has 2 aliphatic heterocycles. The van der Waals surface area contributed by atoms with Gasteiger partial charge in [-0.2, -0.15) is 0 Å². The predicted octanol–water partition coefficient (Wildman–Crippen LogP) is 7.03. The number of benzene rings is 2. The van der Waals surface area contributed by atoms with E-state index < -0.39 is 0 Å². The maximum absolute atomic E-state index is 13.7. The first kappa shape index (κ1) is 38.0. The number of hydrogen-bond donors (Lipinski definition) is 0. The summed E-state index contributed by atoms with van der Waals surface area (Å²) in [6.07, 6.45) is 14.6. The van der Waals surface area contributed by atoms with Crippen LogP contribution in [0.1, 0.15) is 69.5 Å². The Morgan fingerprint density at radius 2 is 1.55 bits per heavy atom. The Hall–Kier alpha value is -4.77. The van der Waals surface area contributed by atoms with Crippen molar-refractivity contribution in [2.75, 3.05) is 73.7 Å². The molecule has 2 saturated heterocycles. The van der Waals surface area contributed by atoms with Crippen molar-refractivity contribution in [3.63, 3.8) is 0 Å². The van der Waals surface area contributed by atoms with Gasteiger partial charge in [0, 0.05) is 73.9 Å². The molecule has 2 aliphatic rings. The molecule has 11 nitrogen and oxygen atoms in total. The molecule has 0 bridgehead atoms. The van der Waals surface area contributed by atoms with Crippen LogP contribution in [0.3, 0.4) is 0 Å². The number of fused-ring (bicyclic) bond motifs is 3. The molecule has 2 aromatic heterocycles. The number of nitrogens with zero attached hydrogens (tertiary/aromatic N) is 5. The molecule has 2 amide bonds. The van der Waals surface area contributed by atoms with Gasteiger partial charge in [-0.15, -0.1) is 0 Å². The van der Waals surface area contributed by atoms with Gasteiger partial charge in [-0.25, -0.2) is 0 Å². The van der Waals surface area contributed by atoms with Crippen LogP contribution in [-0.2, 0) is 9.59 Å². The first-order chi connectivity index (χ1) is 25.9. The Labute approximate surface area is 313 Å². The van der Waals surface area contributed by atoms with E-state index in [1.54, 1.807) is 27.4 Å². The van der Waals surface area contributed by atoms with Crippen LogP contribution >= 0.6 is 0 Å². The Balaban J connectivity index is 1.33. The van der Waals surface area contributed by atoms with Crippen LogP contribution in [0.2, 0.25) is 0 Å². The summed E-state index contributed by atoms with van der Waals surface area (Å²) in [6, 6.07) is 10.1. The predicted molar refractivity (Wildman–Crippen MR) is 210 cm³/mol. The molecule has 284 valence electrons. The number of unbranched alkanes of at least 4 members (excludes halogenated alkanes) is 5. The monoisotopic (exact) mass is 725 g/mol. The normalized spacial score (nSPS) is 15.2. The first-order valence-corrected chi connectivity index (χ1v) is 19.2. The largest absolute Gasteiger partial charge is 0.494 e. The number of pyridine rings is 1. The molecule has 2 aromatic carbocycles. The molecule has 4 aromatic rings. The lowest BCUT2D eigenvalue weighted by Crippen LogP contribution is -2.51. The van der Waals surface area contributed by atoms with Gasteiger partial charge in [0.15, 0.2) is 11.5 Å². The smallest absolute Gasteiger partial charge is 0.246 e. The van der Waals surface area contributed by atoms with E-state index in [9.17, 15) is 9.59 Å². The van der Waals surface area contributed by atoms with E-state index in [-0.39, 0.29) is 11.8 Å². The fraction of sp³-hybridized carbons (Fsp3) is 0.500. The molecule has 0 saturated carbocycles. The first-order valence-electron chi connectivity index (χ1n) is 19.2. The van der Waals surface area contributed by atoms with Crippen molar-refractivity contribution in [3.8, 4) is 28.7 Å². The molecule has 6 rings (SSSR count). The minimum atomic E-state index is -0.0966. The number of piperazine rings is 1. The second-order valence-electron chi connectivity index (χ2n) is 14.0. The quantitative estimate of drug-likeness (QED) is 0.0898. The fourth-order valence-corrected chi connectivity index (χ4v) is 7.67. The molecule has 53 heavy (non-hydrogen) atoms. The van der Waals surface area contributed by atoms with Crippen molar-refractivity contribution < 1.29 is 28.5 Å². The minimum Gasteiger partial charge on any atom is -0.494 e. The maximum Gasteiger partial charge on any atom is 0.246 e. The van der Waals surface area contributed by atoms with Crippen LogP contribution in [-0.4, -0.2) is 110 Å². The van der Waals surface area contributed by atoms with Gasteiger partial charge in [0.25, 0.3) is 0 Å². The third kappa shape index (κ3) is 8.40. The van der Waals surface area contributed by atoms with E-state index in [0.29, 0.717) is 67.8 Å². The average molecular weight is 726 g/mol. The van der Waals surface area contributed by atoms with Crippen LogP contribution in [0.25, 0.3) is 33.6 Å². The van der Waals surface area contributed by atoms with Crippen molar-refractivity contribution in [2.24, 2.45) is 0 Å². The Kier molecular flexibility index (Phi) is 12.8. The molecule has 11 heteroatoms. The lowest BCUT2D eigenvalue weighted by molar-refractivity contribution is -0.132. The van der Waals surface area contributed by atoms with Gasteiger partial charge in [-0.1, -0.05) is 39.0 Å². The number of likely N-dealkylation sites (tertiary alicyclic amines) is 1. The van der Waals surface area contributed by atoms with Gasteiger partial charge in [0.2, 0.25) is 17.6 Å². The highest BCUT2D eigenvalue weighted by atomic mass is 16.5. The molecule has 0 N–H and O–H groups in total. The Morgan fingerprint density at radius 1 is 0.811 bits per heavy atom. The number of rotatable bonds is 16. The number of aromatic nitrogens is 2. The van der Waals surface area contributed by atoms with Crippen LogP contribution in [0.5, 0.6) is 23.0 Å². The summed E-state index contributed by atoms with van der Waals surface area (Å²) in [5, 5.41) is 2.08. The fourth-order valence-electron chi connectivity index (χ4n) is 7.67. The maximum atomic E-state index is 13.7. The number of carbonyl (C=O) groups is 2. The van der Waals surface area contributed by atoms with E-state index in [4.69, 9.17) is 23.9 Å². The lowest BCUT2D eigenvalue weighted by atomic mass is 10.1. The van der Waals surface area contributed by atoms with Gasteiger partial charge in [0.05, 0.1) is 51.2 Å². The van der Waals surface area contributed by atoms with Crippen LogP contribution in [0, 0.1) is 6.92 Å². The van der Waals surface area contributed by atoms with Crippen molar-refractivity contribution in [1.82, 2.24) is 24.3 Å². The summed E-state index contributed by atoms with van der Waals surface area (Å²) in [4.78, 5) is 37.0. The second-order valence-corrected chi connectivity index (χ2v) is 14.0. The standard InChI is InChI=1S/C42H55N5O6/c1-6-7-8-9-10-13-26-53-32-15-16-33-34-18-19-43-30(2)39(34)47(35(33)28-32)40-31(27-36(50-3)41(51-4)42(40)52-5)14-17-37(48)46-24-22-44(23-25-46)29-38(49)45-20-11-12-21-45/h14-19,27-28H,6-13,20-26,29H2,1-5H3/b17-14+. The molecule has 0 radical (unpaired) electrons. The summed E-state index contributed by atoms with van der Waals surface area (Å²) in [6.45, 7) is 9.42. The highest BCUT2D eigenvalue weighted by Gasteiger charge is 2.27. The average Bonchev–Trinajstić information content (AvgIpc) is 3.84. The van der Waals surface area contributed by atoms with Gasteiger partial charge in [0.1, 0.15) is 11.4 Å². The number of ether oxygens (including phenoxy) is 4. The zero-order valence-corrected chi connectivity index (χ0v) is 32.1. The molecular weight excluding hydrogens is 670 g/mol. The summed E-state index contributed by atoms with van der Waals surface area (Å²) in [5.74, 6) is 2.27. The summed E-state index contributed by atoms with van der Waals surface area (Å²) in [5.41, 5.74) is 4.09. The topological polar surface area (TPSA) is 98.6 Å². The third-order valence-electron chi connectivity index (χ3n) is 10.6. The molecule has 0 aliphatic carbocycles. The SMILES string of the molecule is CCCCCCCCOc1ccc2c3ccnc(C)c3n(-c3c(/C=C/C(=O)N4CCN(CC(=O)N5CCCC5)CC4)cc(OC)c(OC)c3OC)c2c1. The van der Waals surface area contributed by atoms with Crippen molar-refractivity contribution in [2.45, 2.75) is 65.2 Å². The van der Waals surface area contributed by atoms with E-state index >= 15 is 0 Å². The molecule has 2 fully saturated rings. The van der Waals surface area contributed by atoms with Crippen molar-refractivity contribution >= 4 is 39.7 Å². The number of aryl methyl sites for hydroxylation is 1. The van der Waals surface area contributed by atoms with Crippen molar-refractivity contribution in [3.05, 3.63) is 53.9 Å². The zero-order valence-electron chi connectivity index (χ0n) is 32.1. The molecule has 0 atom stereocenters. The van der Waals surface area contributed by atoms with Gasteiger partial charge in [-0.05, 0) is 56.5 Å². The van der Waals surface area contributed by atoms with Crippen LogP contribution in [0.15, 0.2) is 42.6 Å². The zero-order chi connectivity index (χ0) is 37.3. The Morgan fingerprint density at radius 3 is 2.26 bits per heavy atom. The molecular formula is C42H55N5O6. The molecule has 0 unspecified atom stereocenters. The van der Waals surface area contributed by atoms with E-state index in [1.165, 1.54) is 25.7 Å². The summed E-state index contributed by atoms with van der Waals surface area (Å²) >= 11 is 0. The van der Waals surface area contributed by atoms with E-state index in [1.807, 2.05) is 47.2 Å². The molecule has 4 heterocycles. The lowest BCUT2D eigenvalue weighted by Gasteiger charge is -2.34. The van der Waals surface area contributed by atoms with Crippen LogP contribution < -0.4 is 18.9 Å². The number of amides is 2. The van der Waals surface area contributed by atoms with Gasteiger partial charge >= 0.3 is 0 Å². The highest BCUT2D eigenvalue weighted by molar-refractivity contribution is 6.11. The van der Waals surface area contributed by atoms with E-state index in [2.05, 4.69) is 28.5 Å². The number of methoxy groups -OCH3 is 3. The van der Waals surface area contributed by atoms with Gasteiger partial charge in [-0.3, -0.25) is 19.5 Å². The number of hydrogen-bond acceptors (Lipinski definition) is 8. The van der Waals surface area contributed by atoms with Gasteiger partial charge < -0.3 is 33.3 Å². The number of carbonyl (C=O) groups excluding carboxylic acids is 2. The van der Waals surface area contributed by atoms with Crippen molar-refractivity contribution in [1.29, 1.82) is 0 Å². The molecule has 0 spiro atoms. The third-order valence-corrected chi connectivity index (χ3v) is 10.6. The summed E-state index contributed by atoms with van der Waals surface area (Å²) < 4.78 is 26.3. The van der Waals surface area contributed by atoms with E-state index in [0.717, 1.165) is 72.0 Å². The van der Waals surface area contributed by atoms with Crippen LogP contribution in [0.4, 0.5) is 0 Å². The summed E-state index contributed by atoms with van der Waals surface area (Å²) in [7, 11) is 4.79. The highest BCUT2D eigenvalue weighted by Crippen LogP contribution is 2.47.